The number of aryl methyl sites for hydroxylation is 1. The Bertz CT molecular complexity index is 1310. The molecule has 1 aliphatic carbocycles. The normalized spacial score (nSPS) is 24.3. The first-order chi connectivity index (χ1) is 16.3. The van der Waals surface area contributed by atoms with Gasteiger partial charge >= 0.3 is 0 Å². The van der Waals surface area contributed by atoms with Crippen molar-refractivity contribution >= 4 is 38.8 Å². The molecule has 0 saturated carbocycles. The summed E-state index contributed by atoms with van der Waals surface area (Å²) < 4.78 is 6.05. The molecular formula is C25H29N5O3S. The number of methoxy groups -OCH3 is 1. The van der Waals surface area contributed by atoms with Crippen LogP contribution in [0.5, 0.6) is 5.75 Å². The highest BCUT2D eigenvalue weighted by molar-refractivity contribution is 7.21. The van der Waals surface area contributed by atoms with E-state index in [-0.39, 0.29) is 17.7 Å². The van der Waals surface area contributed by atoms with Gasteiger partial charge < -0.3 is 32.6 Å². The molecule has 2 aromatic carbocycles. The van der Waals surface area contributed by atoms with Crippen LogP contribution in [0.25, 0.3) is 10.1 Å². The van der Waals surface area contributed by atoms with Crippen molar-refractivity contribution in [3.63, 3.8) is 0 Å². The SMILES string of the molecule is COc1ccc(C2(N)C(=O)C(N)c3c(C(=O)NC4CCCNC4)sc4c(N)ccc2c34)c(C)c1. The molecule has 1 aliphatic heterocycles. The van der Waals surface area contributed by atoms with Crippen LogP contribution in [0.15, 0.2) is 30.3 Å². The van der Waals surface area contributed by atoms with Gasteiger partial charge in [-0.3, -0.25) is 9.59 Å². The van der Waals surface area contributed by atoms with Gasteiger partial charge in [-0.2, -0.15) is 0 Å². The molecule has 5 rings (SSSR count). The number of hydrogen-bond acceptors (Lipinski definition) is 8. The summed E-state index contributed by atoms with van der Waals surface area (Å²) in [5, 5.41) is 7.11. The summed E-state index contributed by atoms with van der Waals surface area (Å²) in [6, 6.07) is 7.94. The van der Waals surface area contributed by atoms with E-state index < -0.39 is 11.6 Å². The number of nitrogens with two attached hydrogens (primary N) is 3. The lowest BCUT2D eigenvalue weighted by Crippen LogP contribution is -2.53. The Morgan fingerprint density at radius 2 is 2.03 bits per heavy atom. The molecule has 3 atom stereocenters. The molecule has 1 fully saturated rings. The zero-order valence-corrected chi connectivity index (χ0v) is 20.1. The maximum atomic E-state index is 13.9. The van der Waals surface area contributed by atoms with Crippen molar-refractivity contribution in [3.8, 4) is 5.75 Å². The molecular weight excluding hydrogens is 450 g/mol. The number of ether oxygens (including phenoxy) is 1. The number of piperidine rings is 1. The van der Waals surface area contributed by atoms with E-state index >= 15 is 0 Å². The number of carbonyl (C=O) groups is 2. The third-order valence-electron chi connectivity index (χ3n) is 7.01. The first kappa shape index (κ1) is 22.8. The third-order valence-corrected chi connectivity index (χ3v) is 8.26. The zero-order chi connectivity index (χ0) is 24.2. The molecule has 34 heavy (non-hydrogen) atoms. The molecule has 0 radical (unpaired) electrons. The Labute approximate surface area is 201 Å². The largest absolute Gasteiger partial charge is 0.497 e. The van der Waals surface area contributed by atoms with Crippen molar-refractivity contribution in [3.05, 3.63) is 57.5 Å². The minimum absolute atomic E-state index is 0.0292. The number of thiophene rings is 1. The molecule has 9 heteroatoms. The van der Waals surface area contributed by atoms with Gasteiger partial charge in [0.25, 0.3) is 5.91 Å². The van der Waals surface area contributed by atoms with E-state index in [1.165, 1.54) is 11.3 Å². The van der Waals surface area contributed by atoms with Crippen LogP contribution in [0.4, 0.5) is 5.69 Å². The second kappa shape index (κ2) is 8.35. The van der Waals surface area contributed by atoms with Gasteiger partial charge in [-0.15, -0.1) is 11.3 Å². The molecule has 178 valence electrons. The number of Topliss-reactive ketones (excluding diaryl/α,β-unsaturated/α-hetero) is 1. The van der Waals surface area contributed by atoms with Crippen LogP contribution in [0.2, 0.25) is 0 Å². The van der Waals surface area contributed by atoms with Gasteiger partial charge in [-0.25, -0.2) is 0 Å². The van der Waals surface area contributed by atoms with Gasteiger partial charge in [0.2, 0.25) is 0 Å². The molecule has 2 heterocycles. The number of rotatable bonds is 4. The van der Waals surface area contributed by atoms with E-state index in [1.807, 2.05) is 19.1 Å². The fourth-order valence-electron chi connectivity index (χ4n) is 5.26. The van der Waals surface area contributed by atoms with E-state index in [9.17, 15) is 9.59 Å². The summed E-state index contributed by atoms with van der Waals surface area (Å²) in [5.74, 6) is 0.0852. The van der Waals surface area contributed by atoms with Crippen LogP contribution >= 0.6 is 11.3 Å². The Balaban J connectivity index is 1.69. The van der Waals surface area contributed by atoms with Crippen molar-refractivity contribution in [1.82, 2.24) is 10.6 Å². The lowest BCUT2D eigenvalue weighted by molar-refractivity contribution is -0.124. The second-order valence-corrected chi connectivity index (χ2v) is 10.1. The van der Waals surface area contributed by atoms with Crippen molar-refractivity contribution in [2.45, 2.75) is 37.4 Å². The minimum atomic E-state index is -1.48. The smallest absolute Gasteiger partial charge is 0.262 e. The van der Waals surface area contributed by atoms with Crippen LogP contribution < -0.4 is 32.6 Å². The summed E-state index contributed by atoms with van der Waals surface area (Å²) in [6.07, 6.45) is 1.90. The Morgan fingerprint density at radius 1 is 1.26 bits per heavy atom. The minimum Gasteiger partial charge on any atom is -0.497 e. The fourth-order valence-corrected chi connectivity index (χ4v) is 6.46. The number of anilines is 1. The fraction of sp³-hybridized carbons (Fsp3) is 0.360. The first-order valence-corrected chi connectivity index (χ1v) is 12.2. The summed E-state index contributed by atoms with van der Waals surface area (Å²) in [7, 11) is 1.59. The van der Waals surface area contributed by atoms with E-state index in [4.69, 9.17) is 21.9 Å². The second-order valence-electron chi connectivity index (χ2n) is 9.10. The average Bonchev–Trinajstić information content (AvgIpc) is 3.24. The highest BCUT2D eigenvalue weighted by atomic mass is 32.1. The van der Waals surface area contributed by atoms with Gasteiger partial charge in [0, 0.05) is 29.2 Å². The number of hydrogen-bond donors (Lipinski definition) is 5. The molecule has 2 aliphatic rings. The zero-order valence-electron chi connectivity index (χ0n) is 19.2. The van der Waals surface area contributed by atoms with Crippen LogP contribution in [0.1, 0.15) is 50.8 Å². The lowest BCUT2D eigenvalue weighted by Gasteiger charge is -2.37. The van der Waals surface area contributed by atoms with Gasteiger partial charge in [0.05, 0.1) is 22.7 Å². The standard InChI is InChI=1S/C25H29N5O3S/c1-12-10-14(33-2)5-6-15(12)25(28)16-7-8-17(26)21-18(16)19(20(27)23(25)31)22(34-21)24(32)30-13-4-3-9-29-11-13/h5-8,10,13,20,29H,3-4,9,11,26-28H2,1-2H3,(H,30,32). The molecule has 1 amide bonds. The molecule has 1 aromatic heterocycles. The molecule has 0 bridgehead atoms. The summed E-state index contributed by atoms with van der Waals surface area (Å²) in [5.41, 5.74) is 21.5. The van der Waals surface area contributed by atoms with E-state index in [0.717, 1.165) is 29.6 Å². The van der Waals surface area contributed by atoms with E-state index in [0.29, 0.717) is 44.9 Å². The van der Waals surface area contributed by atoms with Gasteiger partial charge in [0.1, 0.15) is 11.3 Å². The lowest BCUT2D eigenvalue weighted by atomic mass is 9.69. The number of nitrogens with one attached hydrogen (secondary N) is 2. The number of benzene rings is 2. The van der Waals surface area contributed by atoms with Gasteiger partial charge in [-0.1, -0.05) is 12.1 Å². The Kier molecular flexibility index (Phi) is 5.60. The summed E-state index contributed by atoms with van der Waals surface area (Å²) >= 11 is 1.27. The quantitative estimate of drug-likeness (QED) is 0.360. The molecule has 3 unspecified atom stereocenters. The summed E-state index contributed by atoms with van der Waals surface area (Å²) in [4.78, 5) is 27.6. The predicted octanol–water partition coefficient (Wildman–Crippen LogP) is 2.07. The van der Waals surface area contributed by atoms with Gasteiger partial charge in [-0.05, 0) is 61.2 Å². The van der Waals surface area contributed by atoms with Gasteiger partial charge in [0.15, 0.2) is 5.78 Å². The number of carbonyl (C=O) groups excluding carboxylic acids is 2. The molecule has 3 aromatic rings. The van der Waals surface area contributed by atoms with Crippen molar-refractivity contribution in [2.24, 2.45) is 11.5 Å². The predicted molar refractivity (Wildman–Crippen MR) is 134 cm³/mol. The number of ketones is 1. The number of nitrogen functional groups attached to an aromatic ring is 1. The van der Waals surface area contributed by atoms with Crippen LogP contribution in [0.3, 0.4) is 0 Å². The van der Waals surface area contributed by atoms with E-state index in [2.05, 4.69) is 10.6 Å². The maximum absolute atomic E-state index is 13.9. The molecule has 1 saturated heterocycles. The number of amides is 1. The Morgan fingerprint density at radius 3 is 2.71 bits per heavy atom. The molecule has 0 spiro atoms. The maximum Gasteiger partial charge on any atom is 0.262 e. The third kappa shape index (κ3) is 3.31. The highest BCUT2D eigenvalue weighted by Crippen LogP contribution is 2.50. The van der Waals surface area contributed by atoms with E-state index in [1.54, 1.807) is 25.3 Å². The van der Waals surface area contributed by atoms with Crippen molar-refractivity contribution in [1.29, 1.82) is 0 Å². The molecule has 8 N–H and O–H groups in total. The monoisotopic (exact) mass is 479 g/mol. The van der Waals surface area contributed by atoms with Crippen LogP contribution in [0, 0.1) is 6.92 Å². The summed E-state index contributed by atoms with van der Waals surface area (Å²) in [6.45, 7) is 3.55. The topological polar surface area (TPSA) is 145 Å². The van der Waals surface area contributed by atoms with Crippen molar-refractivity contribution < 1.29 is 14.3 Å². The average molecular weight is 480 g/mol. The van der Waals surface area contributed by atoms with Crippen molar-refractivity contribution in [2.75, 3.05) is 25.9 Å². The Hall–Kier alpha value is -2.98. The first-order valence-electron chi connectivity index (χ1n) is 11.4. The van der Waals surface area contributed by atoms with Crippen LogP contribution in [-0.4, -0.2) is 37.9 Å². The van der Waals surface area contributed by atoms with Crippen LogP contribution in [-0.2, 0) is 10.3 Å². The molecule has 8 nitrogen and oxygen atoms in total. The highest BCUT2D eigenvalue weighted by Gasteiger charge is 2.49.